The maximum atomic E-state index is 12.6. The van der Waals surface area contributed by atoms with E-state index in [1.165, 1.54) is 12.1 Å². The van der Waals surface area contributed by atoms with Crippen molar-refractivity contribution < 1.29 is 8.78 Å². The standard InChI is InChI=1S/C9H13F2N3/c1-14(2)8-4-7(13)6(12)3-5(8)9(10)11/h3-4,9H,12-13H2,1-2H3. The molecule has 0 aliphatic heterocycles. The van der Waals surface area contributed by atoms with E-state index in [0.717, 1.165) is 0 Å². The topological polar surface area (TPSA) is 55.3 Å². The van der Waals surface area contributed by atoms with E-state index in [-0.39, 0.29) is 11.3 Å². The summed E-state index contributed by atoms with van der Waals surface area (Å²) in [4.78, 5) is 1.58. The molecule has 5 heteroatoms. The van der Waals surface area contributed by atoms with E-state index in [2.05, 4.69) is 0 Å². The summed E-state index contributed by atoms with van der Waals surface area (Å²) in [6.45, 7) is 0. The van der Waals surface area contributed by atoms with Crippen LogP contribution in [0, 0.1) is 0 Å². The lowest BCUT2D eigenvalue weighted by molar-refractivity contribution is 0.152. The molecule has 3 nitrogen and oxygen atoms in total. The number of rotatable bonds is 2. The quantitative estimate of drug-likeness (QED) is 0.718. The molecule has 0 spiro atoms. The third-order valence-corrected chi connectivity index (χ3v) is 1.95. The molecule has 0 amide bonds. The van der Waals surface area contributed by atoms with Crippen LogP contribution in [-0.2, 0) is 0 Å². The molecule has 0 saturated heterocycles. The van der Waals surface area contributed by atoms with Gasteiger partial charge >= 0.3 is 0 Å². The van der Waals surface area contributed by atoms with Crippen LogP contribution in [0.25, 0.3) is 0 Å². The molecule has 0 atom stereocenters. The molecule has 78 valence electrons. The Labute approximate surface area is 81.3 Å². The average Bonchev–Trinajstić information content (AvgIpc) is 2.08. The first-order valence-electron chi connectivity index (χ1n) is 4.08. The zero-order chi connectivity index (χ0) is 10.9. The predicted molar refractivity (Wildman–Crippen MR) is 54.6 cm³/mol. The summed E-state index contributed by atoms with van der Waals surface area (Å²) < 4.78 is 25.2. The van der Waals surface area contributed by atoms with Crippen LogP contribution in [0.4, 0.5) is 25.8 Å². The second-order valence-electron chi connectivity index (χ2n) is 3.24. The van der Waals surface area contributed by atoms with Crippen molar-refractivity contribution in [1.82, 2.24) is 0 Å². The first-order chi connectivity index (χ1) is 6.43. The summed E-state index contributed by atoms with van der Waals surface area (Å²) in [5, 5.41) is 0. The van der Waals surface area contributed by atoms with Gasteiger partial charge in [0.15, 0.2) is 0 Å². The highest BCUT2D eigenvalue weighted by Crippen LogP contribution is 2.33. The molecule has 0 bridgehead atoms. The Balaban J connectivity index is 3.31. The third-order valence-electron chi connectivity index (χ3n) is 1.95. The van der Waals surface area contributed by atoms with E-state index in [1.54, 1.807) is 19.0 Å². The molecular weight excluding hydrogens is 188 g/mol. The molecule has 1 aromatic carbocycles. The smallest absolute Gasteiger partial charge is 0.265 e. The summed E-state index contributed by atoms with van der Waals surface area (Å²) >= 11 is 0. The number of hydrogen-bond donors (Lipinski definition) is 2. The Bertz CT molecular complexity index is 304. The van der Waals surface area contributed by atoms with Gasteiger partial charge < -0.3 is 16.4 Å². The lowest BCUT2D eigenvalue weighted by atomic mass is 10.1. The Morgan fingerprint density at radius 3 is 2.07 bits per heavy atom. The summed E-state index contributed by atoms with van der Waals surface area (Å²) in [7, 11) is 3.35. The number of nitrogens with zero attached hydrogens (tertiary/aromatic N) is 1. The van der Waals surface area contributed by atoms with Crippen molar-refractivity contribution in [2.24, 2.45) is 0 Å². The van der Waals surface area contributed by atoms with Crippen molar-refractivity contribution in [3.63, 3.8) is 0 Å². The summed E-state index contributed by atoms with van der Waals surface area (Å²) in [5.41, 5.74) is 11.8. The van der Waals surface area contributed by atoms with Crippen LogP contribution < -0.4 is 16.4 Å². The lowest BCUT2D eigenvalue weighted by Gasteiger charge is -2.18. The molecule has 4 N–H and O–H groups in total. The number of hydrogen-bond acceptors (Lipinski definition) is 3. The molecule has 0 unspecified atom stereocenters. The Morgan fingerprint density at radius 1 is 1.14 bits per heavy atom. The zero-order valence-electron chi connectivity index (χ0n) is 8.09. The average molecular weight is 201 g/mol. The van der Waals surface area contributed by atoms with Gasteiger partial charge in [0.25, 0.3) is 6.43 Å². The minimum atomic E-state index is -2.55. The van der Waals surface area contributed by atoms with E-state index in [9.17, 15) is 8.78 Å². The van der Waals surface area contributed by atoms with Crippen molar-refractivity contribution in [2.75, 3.05) is 30.5 Å². The third kappa shape index (κ3) is 1.86. The summed E-state index contributed by atoms with van der Waals surface area (Å²) in [5.74, 6) is 0. The van der Waals surface area contributed by atoms with Gasteiger partial charge in [-0.15, -0.1) is 0 Å². The van der Waals surface area contributed by atoms with Gasteiger partial charge in [-0.2, -0.15) is 0 Å². The molecule has 1 aromatic rings. The van der Waals surface area contributed by atoms with Crippen molar-refractivity contribution in [3.05, 3.63) is 17.7 Å². The second kappa shape index (κ2) is 3.69. The predicted octanol–water partition coefficient (Wildman–Crippen LogP) is 1.85. The van der Waals surface area contributed by atoms with Crippen LogP contribution in [0.1, 0.15) is 12.0 Å². The van der Waals surface area contributed by atoms with Gasteiger partial charge in [0, 0.05) is 25.3 Å². The maximum absolute atomic E-state index is 12.6. The maximum Gasteiger partial charge on any atom is 0.265 e. The molecule has 0 aromatic heterocycles. The normalized spacial score (nSPS) is 10.6. The molecule has 0 heterocycles. The van der Waals surface area contributed by atoms with Crippen LogP contribution in [0.2, 0.25) is 0 Å². The van der Waals surface area contributed by atoms with E-state index in [0.29, 0.717) is 11.4 Å². The molecule has 14 heavy (non-hydrogen) atoms. The largest absolute Gasteiger partial charge is 0.397 e. The van der Waals surface area contributed by atoms with Gasteiger partial charge in [-0.1, -0.05) is 0 Å². The Morgan fingerprint density at radius 2 is 1.64 bits per heavy atom. The van der Waals surface area contributed by atoms with Gasteiger partial charge in [0.1, 0.15) is 0 Å². The number of anilines is 3. The molecule has 0 aliphatic rings. The first kappa shape index (κ1) is 10.6. The highest BCUT2D eigenvalue weighted by atomic mass is 19.3. The van der Waals surface area contributed by atoms with Crippen LogP contribution in [0.15, 0.2) is 12.1 Å². The van der Waals surface area contributed by atoms with Gasteiger partial charge in [0.2, 0.25) is 0 Å². The van der Waals surface area contributed by atoms with Crippen LogP contribution >= 0.6 is 0 Å². The number of alkyl halides is 2. The van der Waals surface area contributed by atoms with Crippen molar-refractivity contribution in [2.45, 2.75) is 6.43 Å². The number of nitrogen functional groups attached to an aromatic ring is 2. The molecule has 0 radical (unpaired) electrons. The molecular formula is C9H13F2N3. The molecule has 1 rings (SSSR count). The van der Waals surface area contributed by atoms with Crippen LogP contribution in [0.3, 0.4) is 0 Å². The van der Waals surface area contributed by atoms with Crippen LogP contribution in [0.5, 0.6) is 0 Å². The number of halogens is 2. The number of benzene rings is 1. The van der Waals surface area contributed by atoms with E-state index in [4.69, 9.17) is 11.5 Å². The monoisotopic (exact) mass is 201 g/mol. The highest BCUT2D eigenvalue weighted by Gasteiger charge is 2.16. The minimum absolute atomic E-state index is 0.0956. The van der Waals surface area contributed by atoms with Crippen molar-refractivity contribution >= 4 is 17.1 Å². The van der Waals surface area contributed by atoms with Crippen molar-refractivity contribution in [3.8, 4) is 0 Å². The molecule has 0 aliphatic carbocycles. The zero-order valence-corrected chi connectivity index (χ0v) is 8.09. The van der Waals surface area contributed by atoms with E-state index < -0.39 is 6.43 Å². The van der Waals surface area contributed by atoms with Crippen molar-refractivity contribution in [1.29, 1.82) is 0 Å². The summed E-state index contributed by atoms with van der Waals surface area (Å²) in [6, 6.07) is 2.67. The second-order valence-corrected chi connectivity index (χ2v) is 3.24. The van der Waals surface area contributed by atoms with Gasteiger partial charge in [-0.05, 0) is 12.1 Å². The first-order valence-corrected chi connectivity index (χ1v) is 4.08. The molecule has 0 fully saturated rings. The van der Waals surface area contributed by atoms with Gasteiger partial charge in [0.05, 0.1) is 11.4 Å². The SMILES string of the molecule is CN(C)c1cc(N)c(N)cc1C(F)F. The van der Waals surface area contributed by atoms with Crippen LogP contribution in [-0.4, -0.2) is 14.1 Å². The Kier molecular flexibility index (Phi) is 2.78. The highest BCUT2D eigenvalue weighted by molar-refractivity contribution is 5.73. The number of nitrogens with two attached hydrogens (primary N) is 2. The Hall–Kier alpha value is -1.52. The minimum Gasteiger partial charge on any atom is -0.397 e. The fourth-order valence-corrected chi connectivity index (χ4v) is 1.20. The van der Waals surface area contributed by atoms with Gasteiger partial charge in [-0.3, -0.25) is 0 Å². The van der Waals surface area contributed by atoms with E-state index >= 15 is 0 Å². The molecule has 0 saturated carbocycles. The fourth-order valence-electron chi connectivity index (χ4n) is 1.20. The lowest BCUT2D eigenvalue weighted by Crippen LogP contribution is -2.12. The van der Waals surface area contributed by atoms with E-state index in [1.807, 2.05) is 0 Å². The fraction of sp³-hybridized carbons (Fsp3) is 0.333. The van der Waals surface area contributed by atoms with Gasteiger partial charge in [-0.25, -0.2) is 8.78 Å². The summed E-state index contributed by atoms with van der Waals surface area (Å²) in [6.07, 6.45) is -2.55.